The third-order valence-corrected chi connectivity index (χ3v) is 2.36. The molecule has 2 nitrogen and oxygen atoms in total. The van der Waals surface area contributed by atoms with Gasteiger partial charge >= 0.3 is 0 Å². The second-order valence-corrected chi connectivity index (χ2v) is 3.27. The average Bonchev–Trinajstić information content (AvgIpc) is 2.16. The van der Waals surface area contributed by atoms with Gasteiger partial charge in [0, 0.05) is 11.6 Å². The van der Waals surface area contributed by atoms with Crippen LogP contribution in [0.5, 0.6) is 0 Å². The lowest BCUT2D eigenvalue weighted by atomic mass is 10.5. The molecule has 0 N–H and O–H groups in total. The van der Waals surface area contributed by atoms with E-state index in [9.17, 15) is 4.79 Å². The maximum absolute atomic E-state index is 10.8. The third kappa shape index (κ3) is 3.11. The number of carbonyl (C=O) groups excluding carboxylic acids is 1. The summed E-state index contributed by atoms with van der Waals surface area (Å²) in [5.41, 5.74) is 0. The van der Waals surface area contributed by atoms with E-state index >= 15 is 0 Å². The van der Waals surface area contributed by atoms with Crippen LogP contribution in [-0.4, -0.2) is 21.9 Å². The molecule has 0 spiro atoms. The Morgan fingerprint density at radius 2 is 2.50 bits per heavy atom. The van der Waals surface area contributed by atoms with Gasteiger partial charge in [-0.25, -0.2) is 4.98 Å². The summed E-state index contributed by atoms with van der Waals surface area (Å²) in [6.07, 6.45) is 1.70. The molecule has 0 aliphatic heterocycles. The molecule has 0 radical (unpaired) electrons. The lowest BCUT2D eigenvalue weighted by Crippen LogP contribution is -2.00. The molecule has 4 heteroatoms. The van der Waals surface area contributed by atoms with E-state index in [4.69, 9.17) is 0 Å². The lowest BCUT2D eigenvalue weighted by Gasteiger charge is -1.95. The summed E-state index contributed by atoms with van der Waals surface area (Å²) in [5, 5.41) is 2.01. The van der Waals surface area contributed by atoms with Gasteiger partial charge in [0.2, 0.25) is 0 Å². The Morgan fingerprint density at radius 1 is 1.67 bits per heavy atom. The number of rotatable bonds is 4. The largest absolute Gasteiger partial charge is 0.293 e. The molecule has 1 heterocycles. The Morgan fingerprint density at radius 3 is 3.08 bits per heavy atom. The zero-order chi connectivity index (χ0) is 8.81. The monoisotopic (exact) mass is 197 g/mol. The van der Waals surface area contributed by atoms with Crippen molar-refractivity contribution < 1.29 is 4.79 Å². The molecule has 0 aliphatic carbocycles. The topological polar surface area (TPSA) is 30.0 Å². The van der Waals surface area contributed by atoms with Gasteiger partial charge in [0.25, 0.3) is 0 Å². The minimum atomic E-state index is -0.0411. The first-order chi connectivity index (χ1) is 5.83. The van der Waals surface area contributed by atoms with Crippen LogP contribution in [0.1, 0.15) is 0 Å². The van der Waals surface area contributed by atoms with E-state index in [0.717, 1.165) is 10.4 Å². The highest BCUT2D eigenvalue weighted by Gasteiger charge is 1.98. The van der Waals surface area contributed by atoms with Gasteiger partial charge in [-0.1, -0.05) is 30.0 Å². The Hall–Kier alpha value is -0.740. The zero-order valence-electron chi connectivity index (χ0n) is 6.27. The van der Waals surface area contributed by atoms with E-state index in [1.54, 1.807) is 6.20 Å². The minimum Gasteiger partial charge on any atom is -0.293 e. The molecule has 12 heavy (non-hydrogen) atoms. The molecule has 0 saturated carbocycles. The van der Waals surface area contributed by atoms with Crippen molar-refractivity contribution in [3.63, 3.8) is 0 Å². The molecule has 62 valence electrons. The number of thioether (sulfide) groups is 1. The van der Waals surface area contributed by atoms with E-state index in [1.165, 1.54) is 11.8 Å². The van der Waals surface area contributed by atoms with Crippen LogP contribution in [0.25, 0.3) is 0 Å². The minimum absolute atomic E-state index is 0.0411. The number of hydrogen-bond donors (Lipinski definition) is 0. The summed E-state index contributed by atoms with van der Waals surface area (Å²) in [4.78, 5) is 14.8. The first-order valence-corrected chi connectivity index (χ1v) is 4.80. The summed E-state index contributed by atoms with van der Waals surface area (Å²) < 4.78 is 0. The fourth-order valence-corrected chi connectivity index (χ4v) is 1.48. The quantitative estimate of drug-likeness (QED) is 0.543. The van der Waals surface area contributed by atoms with Crippen LogP contribution >= 0.6 is 24.0 Å². The standard InChI is InChI=1S/C8H7NOS2/c10-7(5-11)6-12-8-3-1-2-4-9-8/h1-5H,6H2. The summed E-state index contributed by atoms with van der Waals surface area (Å²) >= 11 is 5.88. The van der Waals surface area contributed by atoms with Gasteiger partial charge in [0.15, 0.2) is 5.78 Å². The van der Waals surface area contributed by atoms with Gasteiger partial charge < -0.3 is 0 Å². The van der Waals surface area contributed by atoms with Crippen LogP contribution in [0.3, 0.4) is 0 Å². The Kier molecular flexibility index (Phi) is 3.90. The number of pyridine rings is 1. The second-order valence-electron chi connectivity index (χ2n) is 2.04. The SMILES string of the molecule is O=C(C=S)CSc1ccccn1. The van der Waals surface area contributed by atoms with Gasteiger partial charge in [-0.2, -0.15) is 0 Å². The fourth-order valence-electron chi connectivity index (χ4n) is 0.612. The molecule has 0 atom stereocenters. The van der Waals surface area contributed by atoms with Crippen molar-refractivity contribution in [1.29, 1.82) is 0 Å². The molecule has 0 aliphatic rings. The van der Waals surface area contributed by atoms with Crippen LogP contribution in [0.4, 0.5) is 0 Å². The van der Waals surface area contributed by atoms with Gasteiger partial charge in [0.1, 0.15) is 0 Å². The number of carbonyl (C=O) groups is 1. The van der Waals surface area contributed by atoms with E-state index in [1.807, 2.05) is 18.2 Å². The highest BCUT2D eigenvalue weighted by Crippen LogP contribution is 2.12. The van der Waals surface area contributed by atoms with E-state index < -0.39 is 0 Å². The maximum Gasteiger partial charge on any atom is 0.176 e. The van der Waals surface area contributed by atoms with Gasteiger partial charge in [-0.15, -0.1) is 0 Å². The number of ketones is 1. The fraction of sp³-hybridized carbons (Fsp3) is 0.125. The molecule has 0 amide bonds. The molecule has 0 saturated heterocycles. The smallest absolute Gasteiger partial charge is 0.176 e. The number of nitrogens with zero attached hydrogens (tertiary/aromatic N) is 1. The number of Topliss-reactive ketones (excluding diaryl/α,β-unsaturated/α-hetero) is 1. The summed E-state index contributed by atoms with van der Waals surface area (Å²) in [7, 11) is 0. The number of hydrogen-bond acceptors (Lipinski definition) is 4. The Bertz CT molecular complexity index is 274. The van der Waals surface area contributed by atoms with E-state index in [0.29, 0.717) is 5.75 Å². The van der Waals surface area contributed by atoms with E-state index in [-0.39, 0.29) is 5.78 Å². The second kappa shape index (κ2) is 5.00. The highest BCUT2D eigenvalue weighted by atomic mass is 32.2. The summed E-state index contributed by atoms with van der Waals surface area (Å²) in [5.74, 6) is 0.334. The van der Waals surface area contributed by atoms with Gasteiger partial charge in [0.05, 0.1) is 10.8 Å². The first-order valence-electron chi connectivity index (χ1n) is 3.35. The molecule has 1 aromatic heterocycles. The molecular weight excluding hydrogens is 190 g/mol. The Labute approximate surface area is 80.4 Å². The number of aromatic nitrogens is 1. The molecule has 0 bridgehead atoms. The highest BCUT2D eigenvalue weighted by molar-refractivity contribution is 8.00. The van der Waals surface area contributed by atoms with Crippen molar-refractivity contribution >= 4 is 35.1 Å². The zero-order valence-corrected chi connectivity index (χ0v) is 7.90. The van der Waals surface area contributed by atoms with E-state index in [2.05, 4.69) is 17.2 Å². The molecule has 0 unspecified atom stereocenters. The van der Waals surface area contributed by atoms with Crippen molar-refractivity contribution in [1.82, 2.24) is 4.98 Å². The predicted octanol–water partition coefficient (Wildman–Crippen LogP) is 1.74. The lowest BCUT2D eigenvalue weighted by molar-refractivity contribution is -0.110. The van der Waals surface area contributed by atoms with Crippen LogP contribution < -0.4 is 0 Å². The predicted molar refractivity (Wildman–Crippen MR) is 53.6 cm³/mol. The van der Waals surface area contributed by atoms with Crippen molar-refractivity contribution in [3.05, 3.63) is 24.4 Å². The van der Waals surface area contributed by atoms with Crippen molar-refractivity contribution in [2.45, 2.75) is 5.03 Å². The van der Waals surface area contributed by atoms with Crippen LogP contribution in [-0.2, 0) is 4.79 Å². The maximum atomic E-state index is 10.8. The van der Waals surface area contributed by atoms with Crippen molar-refractivity contribution in [2.75, 3.05) is 5.75 Å². The number of thiocarbonyl (C=S) groups is 1. The van der Waals surface area contributed by atoms with Crippen LogP contribution in [0.15, 0.2) is 29.4 Å². The van der Waals surface area contributed by atoms with Gasteiger partial charge in [-0.3, -0.25) is 4.79 Å². The molecule has 1 rings (SSSR count). The average molecular weight is 197 g/mol. The van der Waals surface area contributed by atoms with Gasteiger partial charge in [-0.05, 0) is 12.1 Å². The molecular formula is C8H7NOS2. The molecule has 0 aromatic carbocycles. The third-order valence-electron chi connectivity index (χ3n) is 1.13. The summed E-state index contributed by atoms with van der Waals surface area (Å²) in [6.45, 7) is 0. The normalized spacial score (nSPS) is 9.33. The van der Waals surface area contributed by atoms with Crippen LogP contribution in [0, 0.1) is 0 Å². The summed E-state index contributed by atoms with van der Waals surface area (Å²) in [6, 6.07) is 5.59. The van der Waals surface area contributed by atoms with Crippen molar-refractivity contribution in [3.8, 4) is 0 Å². The van der Waals surface area contributed by atoms with Crippen LogP contribution in [0.2, 0.25) is 0 Å². The molecule has 1 aromatic rings. The molecule has 0 fully saturated rings. The Balaban J connectivity index is 2.43. The first kappa shape index (κ1) is 9.35. The van der Waals surface area contributed by atoms with Crippen molar-refractivity contribution in [2.24, 2.45) is 0 Å².